The molecule has 0 aromatic heterocycles. The normalized spacial score (nSPS) is 12.5. The summed E-state index contributed by atoms with van der Waals surface area (Å²) >= 11 is 0. The fourth-order valence-corrected chi connectivity index (χ4v) is 2.53. The van der Waals surface area contributed by atoms with E-state index in [1.807, 2.05) is 0 Å². The van der Waals surface area contributed by atoms with Crippen molar-refractivity contribution in [2.45, 2.75) is 89.6 Å². The number of aliphatic carboxylic acids is 2. The van der Waals surface area contributed by atoms with Crippen molar-refractivity contribution in [3.63, 3.8) is 0 Å². The number of hydrogen-bond acceptors (Lipinski definition) is 7. The summed E-state index contributed by atoms with van der Waals surface area (Å²) in [6, 6.07) is 0. The Kier molecular flexibility index (Phi) is 22.4. The number of aliphatic hydroxyl groups is 1. The van der Waals surface area contributed by atoms with E-state index in [4.69, 9.17) is 32.5 Å². The standard InChI is InChI=1S/C18H32O7.Na.H2O4S.H/c1-2-3-4-5-6-7-8-9-10-11-12-25-16(21)14-18(24,17(22)23)13-15(19)20;;1-5(2,3)4;/h24H,2-14H2,1H3,(H,19,20)(H,22,23);;(H2,1,2,3,4);. The van der Waals surface area contributed by atoms with Crippen LogP contribution in [0.1, 0.15) is 84.0 Å². The molecule has 0 saturated carbocycles. The maximum atomic E-state index is 11.6. The van der Waals surface area contributed by atoms with Gasteiger partial charge in [0.1, 0.15) is 0 Å². The molecular weight excluding hydrogens is 447 g/mol. The van der Waals surface area contributed by atoms with Crippen LogP contribution in [-0.2, 0) is 29.5 Å². The molecule has 11 nitrogen and oxygen atoms in total. The Morgan fingerprint density at radius 3 is 1.55 bits per heavy atom. The average molecular weight is 483 g/mol. The Bertz CT molecular complexity index is 602. The molecule has 0 aliphatic carbocycles. The van der Waals surface area contributed by atoms with Crippen LogP contribution in [0, 0.1) is 0 Å². The minimum atomic E-state index is -4.67. The molecule has 180 valence electrons. The fourth-order valence-electron chi connectivity index (χ4n) is 2.53. The van der Waals surface area contributed by atoms with Crippen molar-refractivity contribution in [1.29, 1.82) is 0 Å². The van der Waals surface area contributed by atoms with Crippen molar-refractivity contribution in [2.75, 3.05) is 6.61 Å². The number of carbonyl (C=O) groups is 3. The van der Waals surface area contributed by atoms with Crippen LogP contribution in [0.4, 0.5) is 0 Å². The maximum absolute atomic E-state index is 11.6. The van der Waals surface area contributed by atoms with Gasteiger partial charge in [-0.3, -0.25) is 18.7 Å². The molecule has 5 N–H and O–H groups in total. The molecule has 0 heterocycles. The van der Waals surface area contributed by atoms with Gasteiger partial charge in [0.2, 0.25) is 0 Å². The zero-order valence-corrected chi connectivity index (χ0v) is 18.1. The van der Waals surface area contributed by atoms with E-state index in [-0.39, 0.29) is 36.2 Å². The molecule has 0 amide bonds. The molecular formula is C18H35NaO11S. The van der Waals surface area contributed by atoms with Gasteiger partial charge in [0.25, 0.3) is 0 Å². The third-order valence-corrected chi connectivity index (χ3v) is 4.04. The van der Waals surface area contributed by atoms with E-state index in [1.165, 1.54) is 38.5 Å². The van der Waals surface area contributed by atoms with Gasteiger partial charge in [-0.1, -0.05) is 64.7 Å². The number of carbonyl (C=O) groups excluding carboxylic acids is 1. The summed E-state index contributed by atoms with van der Waals surface area (Å²) in [5, 5.41) is 27.2. The molecule has 0 fully saturated rings. The van der Waals surface area contributed by atoms with E-state index in [0.717, 1.165) is 19.3 Å². The molecule has 0 aromatic carbocycles. The zero-order valence-electron chi connectivity index (χ0n) is 17.3. The average Bonchev–Trinajstić information content (AvgIpc) is 2.57. The van der Waals surface area contributed by atoms with Crippen molar-refractivity contribution < 1.29 is 52.0 Å². The van der Waals surface area contributed by atoms with Gasteiger partial charge < -0.3 is 20.1 Å². The van der Waals surface area contributed by atoms with Crippen LogP contribution in [-0.4, -0.2) is 92.5 Å². The summed E-state index contributed by atoms with van der Waals surface area (Å²) in [7, 11) is -4.67. The predicted molar refractivity (Wildman–Crippen MR) is 114 cm³/mol. The minimum absolute atomic E-state index is 0. The number of hydrogen-bond donors (Lipinski definition) is 5. The number of unbranched alkanes of at least 4 members (excludes halogenated alkanes) is 9. The van der Waals surface area contributed by atoms with Gasteiger partial charge in [-0.15, -0.1) is 0 Å². The van der Waals surface area contributed by atoms with Crippen molar-refractivity contribution in [1.82, 2.24) is 0 Å². The van der Waals surface area contributed by atoms with Crippen LogP contribution >= 0.6 is 0 Å². The molecule has 1 unspecified atom stereocenters. The number of ether oxygens (including phenoxy) is 1. The van der Waals surface area contributed by atoms with E-state index in [2.05, 4.69) is 6.92 Å². The van der Waals surface area contributed by atoms with Crippen molar-refractivity contribution >= 4 is 57.9 Å². The first-order chi connectivity index (χ1) is 13.8. The van der Waals surface area contributed by atoms with E-state index in [9.17, 15) is 19.5 Å². The monoisotopic (exact) mass is 482 g/mol. The Morgan fingerprint density at radius 1 is 0.806 bits per heavy atom. The Balaban J connectivity index is -0.00000116. The van der Waals surface area contributed by atoms with E-state index in [0.29, 0.717) is 6.42 Å². The first-order valence-electron chi connectivity index (χ1n) is 9.85. The van der Waals surface area contributed by atoms with Crippen LogP contribution in [0.15, 0.2) is 0 Å². The van der Waals surface area contributed by atoms with E-state index < -0.39 is 46.7 Å². The second-order valence-corrected chi connectivity index (χ2v) is 7.83. The molecule has 0 aromatic rings. The summed E-state index contributed by atoms with van der Waals surface area (Å²) in [4.78, 5) is 33.1. The molecule has 0 aliphatic heterocycles. The van der Waals surface area contributed by atoms with Crippen LogP contribution in [0.3, 0.4) is 0 Å². The van der Waals surface area contributed by atoms with Gasteiger partial charge >= 0.3 is 57.9 Å². The molecule has 31 heavy (non-hydrogen) atoms. The molecule has 0 rings (SSSR count). The van der Waals surface area contributed by atoms with Crippen LogP contribution in [0.25, 0.3) is 0 Å². The van der Waals surface area contributed by atoms with E-state index >= 15 is 0 Å². The fraction of sp³-hybridized carbons (Fsp3) is 0.833. The summed E-state index contributed by atoms with van der Waals surface area (Å²) in [5.74, 6) is -4.14. The Morgan fingerprint density at radius 2 is 1.19 bits per heavy atom. The SMILES string of the molecule is CCCCCCCCCCCCOC(=O)CC(O)(CC(=O)O)C(=O)O.O=S(=O)(O)O.[NaH]. The Labute approximate surface area is 205 Å². The Hall–Kier alpha value is -0.760. The molecule has 1 atom stereocenters. The predicted octanol–water partition coefficient (Wildman–Crippen LogP) is 1.83. The first-order valence-corrected chi connectivity index (χ1v) is 11.2. The van der Waals surface area contributed by atoms with Crippen LogP contribution in [0.5, 0.6) is 0 Å². The molecule has 0 aliphatic rings. The van der Waals surface area contributed by atoms with Crippen LogP contribution in [0.2, 0.25) is 0 Å². The molecule has 0 spiro atoms. The van der Waals surface area contributed by atoms with Gasteiger partial charge in [0.05, 0.1) is 19.4 Å². The van der Waals surface area contributed by atoms with Crippen molar-refractivity contribution in [3.05, 3.63) is 0 Å². The summed E-state index contributed by atoms with van der Waals surface area (Å²) in [6.07, 6.45) is 9.49. The molecule has 13 heteroatoms. The first kappa shape index (κ1) is 34.8. The van der Waals surface area contributed by atoms with Gasteiger partial charge in [0, 0.05) is 0 Å². The van der Waals surface area contributed by atoms with Crippen LogP contribution < -0.4 is 0 Å². The molecule has 0 bridgehead atoms. The summed E-state index contributed by atoms with van der Waals surface area (Å²) < 4.78 is 36.5. The second kappa shape index (κ2) is 19.9. The third-order valence-electron chi connectivity index (χ3n) is 4.04. The summed E-state index contributed by atoms with van der Waals surface area (Å²) in [6.45, 7) is 2.35. The molecule has 0 radical (unpaired) electrons. The number of esters is 1. The quantitative estimate of drug-likeness (QED) is 0.0931. The summed E-state index contributed by atoms with van der Waals surface area (Å²) in [5.41, 5.74) is -2.62. The topological polar surface area (TPSA) is 196 Å². The number of rotatable bonds is 16. The van der Waals surface area contributed by atoms with Crippen molar-refractivity contribution in [3.8, 4) is 0 Å². The van der Waals surface area contributed by atoms with Gasteiger partial charge in [-0.2, -0.15) is 8.42 Å². The number of carboxylic acid groups (broad SMARTS) is 2. The van der Waals surface area contributed by atoms with E-state index in [1.54, 1.807) is 0 Å². The molecule has 0 saturated heterocycles. The van der Waals surface area contributed by atoms with Gasteiger partial charge in [-0.05, 0) is 6.42 Å². The zero-order chi connectivity index (χ0) is 23.6. The second-order valence-electron chi connectivity index (χ2n) is 6.93. The van der Waals surface area contributed by atoms with Crippen molar-refractivity contribution in [2.24, 2.45) is 0 Å². The third kappa shape index (κ3) is 27.2. The van der Waals surface area contributed by atoms with Gasteiger partial charge in [-0.25, -0.2) is 4.79 Å². The number of carboxylic acids is 2. The van der Waals surface area contributed by atoms with Gasteiger partial charge in [0.15, 0.2) is 5.60 Å².